The van der Waals surface area contributed by atoms with E-state index < -0.39 is 0 Å². The van der Waals surface area contributed by atoms with Crippen molar-refractivity contribution in [2.45, 2.75) is 37.8 Å². The number of hydrogen-bond donors (Lipinski definition) is 0. The van der Waals surface area contributed by atoms with Crippen LogP contribution < -0.4 is 5.56 Å². The predicted octanol–water partition coefficient (Wildman–Crippen LogP) is 4.24. The molecule has 5 heterocycles. The van der Waals surface area contributed by atoms with Gasteiger partial charge in [0.05, 0.1) is 0 Å². The number of piperidine rings is 2. The summed E-state index contributed by atoms with van der Waals surface area (Å²) in [6.07, 6.45) is 3.78. The third kappa shape index (κ3) is 3.15. The smallest absolute Gasteiger partial charge is 0.250 e. The molecule has 0 radical (unpaired) electrons. The van der Waals surface area contributed by atoms with E-state index in [0.29, 0.717) is 17.9 Å². The van der Waals surface area contributed by atoms with E-state index in [1.165, 1.54) is 58.6 Å². The Balaban J connectivity index is 1.39. The van der Waals surface area contributed by atoms with E-state index in [9.17, 15) is 4.79 Å². The van der Waals surface area contributed by atoms with Crippen LogP contribution in [0, 0.1) is 5.92 Å². The third-order valence-electron chi connectivity index (χ3n) is 7.51. The topological polar surface area (TPSA) is 28.5 Å². The highest BCUT2D eigenvalue weighted by Gasteiger charge is 2.39. The molecule has 2 fully saturated rings. The maximum atomic E-state index is 12.8. The maximum Gasteiger partial charge on any atom is 0.250 e. The summed E-state index contributed by atoms with van der Waals surface area (Å²) >= 11 is 1.85. The van der Waals surface area contributed by atoms with E-state index in [4.69, 9.17) is 0 Å². The van der Waals surface area contributed by atoms with Crippen molar-refractivity contribution in [3.8, 4) is 10.4 Å². The molecule has 2 saturated heterocycles. The molecule has 0 amide bonds. The van der Waals surface area contributed by atoms with Gasteiger partial charge in [0.2, 0.25) is 0 Å². The molecule has 156 valence electrons. The predicted molar refractivity (Wildman–Crippen MR) is 124 cm³/mol. The highest BCUT2D eigenvalue weighted by molar-refractivity contribution is 7.22. The van der Waals surface area contributed by atoms with Crippen molar-refractivity contribution in [1.29, 1.82) is 0 Å². The second kappa shape index (κ2) is 7.33. The molecule has 5 heteroatoms. The summed E-state index contributed by atoms with van der Waals surface area (Å²) in [5.41, 5.74) is 2.75. The Bertz CT molecular complexity index is 1110. The molecule has 2 atom stereocenters. The SMILES string of the molecule is CN1CCC(N2CC3CC(C2)c2c(-c4cc5ccccc5s4)ccc(=O)n2C3)CC1. The van der Waals surface area contributed by atoms with Gasteiger partial charge < -0.3 is 9.47 Å². The lowest BCUT2D eigenvalue weighted by molar-refractivity contribution is 0.0519. The van der Waals surface area contributed by atoms with Gasteiger partial charge in [-0.15, -0.1) is 11.3 Å². The zero-order chi connectivity index (χ0) is 20.2. The fourth-order valence-electron chi connectivity index (χ4n) is 6.03. The number of likely N-dealkylation sites (tertiary alicyclic amines) is 2. The van der Waals surface area contributed by atoms with Crippen molar-refractivity contribution in [2.75, 3.05) is 33.2 Å². The largest absolute Gasteiger partial charge is 0.311 e. The number of benzene rings is 1. The summed E-state index contributed by atoms with van der Waals surface area (Å²) < 4.78 is 3.44. The van der Waals surface area contributed by atoms with E-state index in [-0.39, 0.29) is 5.56 Å². The Morgan fingerprint density at radius 3 is 2.67 bits per heavy atom. The lowest BCUT2D eigenvalue weighted by Crippen LogP contribution is -2.53. The molecule has 4 nitrogen and oxygen atoms in total. The Hall–Kier alpha value is -1.95. The second-order valence-corrected chi connectivity index (χ2v) is 10.6. The highest BCUT2D eigenvalue weighted by Crippen LogP contribution is 2.43. The first-order chi connectivity index (χ1) is 14.7. The molecular weight excluding hydrogens is 390 g/mol. The summed E-state index contributed by atoms with van der Waals surface area (Å²) in [7, 11) is 2.24. The Kier molecular flexibility index (Phi) is 4.59. The molecule has 1 aromatic carbocycles. The average molecular weight is 420 g/mol. The molecule has 0 saturated carbocycles. The maximum absolute atomic E-state index is 12.8. The minimum absolute atomic E-state index is 0.178. The lowest BCUT2D eigenvalue weighted by Gasteiger charge is -2.47. The monoisotopic (exact) mass is 419 g/mol. The molecule has 2 aromatic heterocycles. The summed E-state index contributed by atoms with van der Waals surface area (Å²) in [4.78, 5) is 19.3. The number of thiophene rings is 1. The van der Waals surface area contributed by atoms with E-state index in [0.717, 1.165) is 19.6 Å². The highest BCUT2D eigenvalue weighted by atomic mass is 32.1. The van der Waals surface area contributed by atoms with Crippen LogP contribution in [0.15, 0.2) is 47.3 Å². The van der Waals surface area contributed by atoms with Crippen LogP contribution in [0.1, 0.15) is 30.9 Å². The van der Waals surface area contributed by atoms with E-state index >= 15 is 0 Å². The van der Waals surface area contributed by atoms with E-state index in [1.54, 1.807) is 6.07 Å². The van der Waals surface area contributed by atoms with Crippen molar-refractivity contribution in [3.05, 3.63) is 58.5 Å². The van der Waals surface area contributed by atoms with Gasteiger partial charge in [-0.1, -0.05) is 18.2 Å². The molecule has 6 rings (SSSR count). The van der Waals surface area contributed by atoms with Crippen molar-refractivity contribution in [3.63, 3.8) is 0 Å². The number of pyridine rings is 1. The molecule has 0 N–H and O–H groups in total. The number of aromatic nitrogens is 1. The van der Waals surface area contributed by atoms with Gasteiger partial charge >= 0.3 is 0 Å². The van der Waals surface area contributed by atoms with Gasteiger partial charge in [-0.3, -0.25) is 9.69 Å². The fourth-order valence-corrected chi connectivity index (χ4v) is 7.13. The normalized spacial score (nSPS) is 25.5. The van der Waals surface area contributed by atoms with E-state index in [2.05, 4.69) is 57.8 Å². The van der Waals surface area contributed by atoms with Crippen molar-refractivity contribution in [1.82, 2.24) is 14.4 Å². The van der Waals surface area contributed by atoms with Gasteiger partial charge in [0.1, 0.15) is 0 Å². The van der Waals surface area contributed by atoms with E-state index in [1.807, 2.05) is 11.3 Å². The molecule has 2 unspecified atom stereocenters. The molecule has 0 spiro atoms. The summed E-state index contributed by atoms with van der Waals surface area (Å²) in [5.74, 6) is 1.07. The quantitative estimate of drug-likeness (QED) is 0.622. The Labute approximate surface area is 181 Å². The molecule has 0 aliphatic carbocycles. The van der Waals surface area contributed by atoms with Gasteiger partial charge in [0, 0.05) is 58.5 Å². The van der Waals surface area contributed by atoms with Gasteiger partial charge in [-0.25, -0.2) is 0 Å². The molecule has 2 bridgehead atoms. The second-order valence-electron chi connectivity index (χ2n) is 9.52. The lowest BCUT2D eigenvalue weighted by atomic mass is 9.80. The zero-order valence-corrected chi connectivity index (χ0v) is 18.4. The van der Waals surface area contributed by atoms with Crippen LogP contribution in [0.3, 0.4) is 0 Å². The summed E-state index contributed by atoms with van der Waals surface area (Å²) in [5, 5.41) is 1.30. The van der Waals surface area contributed by atoms with Crippen LogP contribution in [-0.4, -0.2) is 53.6 Å². The minimum Gasteiger partial charge on any atom is -0.311 e. The van der Waals surface area contributed by atoms with Crippen LogP contribution in [0.5, 0.6) is 0 Å². The van der Waals surface area contributed by atoms with Crippen LogP contribution in [0.2, 0.25) is 0 Å². The zero-order valence-electron chi connectivity index (χ0n) is 17.6. The van der Waals surface area contributed by atoms with Gasteiger partial charge in [-0.2, -0.15) is 0 Å². The van der Waals surface area contributed by atoms with Crippen molar-refractivity contribution >= 4 is 21.4 Å². The van der Waals surface area contributed by atoms with Crippen molar-refractivity contribution in [2.24, 2.45) is 5.92 Å². The van der Waals surface area contributed by atoms with Crippen LogP contribution in [0.25, 0.3) is 20.5 Å². The van der Waals surface area contributed by atoms with Crippen LogP contribution >= 0.6 is 11.3 Å². The fraction of sp³-hybridized carbons (Fsp3) is 0.480. The molecule has 3 aromatic rings. The third-order valence-corrected chi connectivity index (χ3v) is 8.66. The first-order valence-corrected chi connectivity index (χ1v) is 12.1. The number of rotatable bonds is 2. The first kappa shape index (κ1) is 18.8. The molecule has 30 heavy (non-hydrogen) atoms. The van der Waals surface area contributed by atoms with Crippen LogP contribution in [0.4, 0.5) is 0 Å². The summed E-state index contributed by atoms with van der Waals surface area (Å²) in [6.45, 7) is 5.56. The summed E-state index contributed by atoms with van der Waals surface area (Å²) in [6, 6.07) is 15.5. The van der Waals surface area contributed by atoms with Gasteiger partial charge in [0.25, 0.3) is 5.56 Å². The number of nitrogens with zero attached hydrogens (tertiary/aromatic N) is 3. The van der Waals surface area contributed by atoms with Gasteiger partial charge in [-0.05, 0) is 68.9 Å². The van der Waals surface area contributed by atoms with Crippen LogP contribution in [-0.2, 0) is 6.54 Å². The number of fused-ring (bicyclic) bond motifs is 5. The standard InChI is InChI=1S/C25H29N3OS/c1-26-10-8-20(9-11-26)27-14-17-12-19(16-27)25-21(6-7-24(29)28(25)15-17)23-13-18-4-2-3-5-22(18)30-23/h2-7,13,17,19-20H,8-12,14-16H2,1H3. The Morgan fingerprint density at radius 2 is 1.83 bits per heavy atom. The molecular formula is C25H29N3OS. The minimum atomic E-state index is 0.178. The Morgan fingerprint density at radius 1 is 1.00 bits per heavy atom. The number of hydrogen-bond acceptors (Lipinski definition) is 4. The molecule has 3 aliphatic rings. The average Bonchev–Trinajstić information content (AvgIpc) is 3.19. The van der Waals surface area contributed by atoms with Gasteiger partial charge in [0.15, 0.2) is 0 Å². The molecule has 3 aliphatic heterocycles. The van der Waals surface area contributed by atoms with Crippen molar-refractivity contribution < 1.29 is 0 Å². The first-order valence-electron chi connectivity index (χ1n) is 11.3.